The van der Waals surface area contributed by atoms with Crippen LogP contribution in [-0.2, 0) is 15.0 Å². The molecule has 2 atom stereocenters. The Bertz CT molecular complexity index is 431. The maximum Gasteiger partial charge on any atom is 0.277 e. The Morgan fingerprint density at radius 3 is 2.42 bits per heavy atom. The lowest BCUT2D eigenvalue weighted by atomic mass is 9.92. The molecular weight excluding hydrogens is 268 g/mol. The highest BCUT2D eigenvalue weighted by Gasteiger charge is 2.32. The molecule has 110 valence electrons. The van der Waals surface area contributed by atoms with Crippen molar-refractivity contribution in [2.75, 3.05) is 32.7 Å². The zero-order chi connectivity index (χ0) is 14.0. The number of amides is 1. The monoisotopic (exact) mass is 290 g/mol. The molecule has 2 fully saturated rings. The van der Waals surface area contributed by atoms with Crippen LogP contribution in [0.5, 0.6) is 0 Å². The van der Waals surface area contributed by atoms with Gasteiger partial charge in [0.2, 0.25) is 5.91 Å². The second kappa shape index (κ2) is 5.74. The van der Waals surface area contributed by atoms with Crippen LogP contribution < -0.4 is 10.5 Å². The highest BCUT2D eigenvalue weighted by Crippen LogP contribution is 2.19. The third kappa shape index (κ3) is 3.65. The molecule has 0 radical (unpaired) electrons. The van der Waals surface area contributed by atoms with Crippen LogP contribution in [0.25, 0.3) is 0 Å². The summed E-state index contributed by atoms with van der Waals surface area (Å²) in [7, 11) is -3.62. The summed E-state index contributed by atoms with van der Waals surface area (Å²) in [6.45, 7) is 4.42. The van der Waals surface area contributed by atoms with Crippen molar-refractivity contribution in [1.82, 2.24) is 14.5 Å². The predicted molar refractivity (Wildman–Crippen MR) is 71.4 cm³/mol. The molecule has 2 aliphatic heterocycles. The first-order chi connectivity index (χ1) is 8.88. The second-order valence-electron chi connectivity index (χ2n) is 5.35. The minimum absolute atomic E-state index is 0.0669. The predicted octanol–water partition coefficient (Wildman–Crippen LogP) is -1.28. The molecule has 2 unspecified atom stereocenters. The second-order valence-corrected chi connectivity index (χ2v) is 6.89. The molecule has 8 heteroatoms. The van der Waals surface area contributed by atoms with E-state index in [1.54, 1.807) is 4.90 Å². The number of hydrogen-bond donors (Lipinski definition) is 2. The van der Waals surface area contributed by atoms with Gasteiger partial charge in [0.1, 0.15) is 0 Å². The molecule has 0 spiro atoms. The van der Waals surface area contributed by atoms with Crippen LogP contribution in [0.3, 0.4) is 0 Å². The zero-order valence-electron chi connectivity index (χ0n) is 11.2. The number of piperidine rings is 1. The smallest absolute Gasteiger partial charge is 0.277 e. The summed E-state index contributed by atoms with van der Waals surface area (Å²) in [5.41, 5.74) is 0. The van der Waals surface area contributed by atoms with Gasteiger partial charge in [-0.25, -0.2) is 5.14 Å². The van der Waals surface area contributed by atoms with Crippen LogP contribution in [0.2, 0.25) is 0 Å². The van der Waals surface area contributed by atoms with Crippen molar-refractivity contribution >= 4 is 16.1 Å². The molecule has 0 aliphatic carbocycles. The van der Waals surface area contributed by atoms with Gasteiger partial charge in [0.25, 0.3) is 10.2 Å². The Kier molecular flexibility index (Phi) is 4.44. The van der Waals surface area contributed by atoms with Crippen LogP contribution in [-0.4, -0.2) is 62.3 Å². The molecule has 19 heavy (non-hydrogen) atoms. The van der Waals surface area contributed by atoms with Gasteiger partial charge in [-0.1, -0.05) is 0 Å². The number of carbonyl (C=O) groups excluding carboxylic acids is 1. The van der Waals surface area contributed by atoms with Crippen molar-refractivity contribution in [2.45, 2.75) is 25.8 Å². The summed E-state index contributed by atoms with van der Waals surface area (Å²) in [6, 6.07) is 0.369. The lowest BCUT2D eigenvalue weighted by Crippen LogP contribution is -2.54. The molecule has 1 amide bonds. The van der Waals surface area contributed by atoms with Crippen molar-refractivity contribution < 1.29 is 13.2 Å². The summed E-state index contributed by atoms with van der Waals surface area (Å²) >= 11 is 0. The van der Waals surface area contributed by atoms with Crippen LogP contribution in [0.4, 0.5) is 0 Å². The third-order valence-electron chi connectivity index (χ3n) is 3.88. The average Bonchev–Trinajstić information content (AvgIpc) is 2.37. The summed E-state index contributed by atoms with van der Waals surface area (Å²) in [5, 5.41) is 8.40. The molecule has 3 N–H and O–H groups in total. The van der Waals surface area contributed by atoms with Gasteiger partial charge in [0.05, 0.1) is 0 Å². The molecule has 0 bridgehead atoms. The lowest BCUT2D eigenvalue weighted by molar-refractivity contribution is -0.137. The van der Waals surface area contributed by atoms with Gasteiger partial charge in [-0.05, 0) is 26.3 Å². The largest absolute Gasteiger partial charge is 0.340 e. The van der Waals surface area contributed by atoms with Crippen LogP contribution in [0.1, 0.15) is 19.8 Å². The van der Waals surface area contributed by atoms with Crippen LogP contribution in [0.15, 0.2) is 0 Å². The maximum atomic E-state index is 12.4. The van der Waals surface area contributed by atoms with Gasteiger partial charge >= 0.3 is 0 Å². The highest BCUT2D eigenvalue weighted by atomic mass is 32.2. The van der Waals surface area contributed by atoms with E-state index in [9.17, 15) is 13.2 Å². The zero-order valence-corrected chi connectivity index (χ0v) is 12.0. The van der Waals surface area contributed by atoms with Crippen molar-refractivity contribution in [2.24, 2.45) is 11.1 Å². The van der Waals surface area contributed by atoms with Gasteiger partial charge in [0.15, 0.2) is 0 Å². The first kappa shape index (κ1) is 14.7. The van der Waals surface area contributed by atoms with E-state index in [0.29, 0.717) is 32.2 Å². The maximum absolute atomic E-state index is 12.4. The summed E-state index contributed by atoms with van der Waals surface area (Å²) < 4.78 is 23.6. The molecule has 0 saturated carbocycles. The molecule has 7 nitrogen and oxygen atoms in total. The first-order valence-electron chi connectivity index (χ1n) is 6.68. The quantitative estimate of drug-likeness (QED) is 0.662. The average molecular weight is 290 g/mol. The fourth-order valence-electron chi connectivity index (χ4n) is 2.78. The fraction of sp³-hybridized carbons (Fsp3) is 0.909. The van der Waals surface area contributed by atoms with Crippen molar-refractivity contribution in [3.05, 3.63) is 0 Å². The van der Waals surface area contributed by atoms with E-state index >= 15 is 0 Å². The van der Waals surface area contributed by atoms with Crippen LogP contribution in [0, 0.1) is 5.92 Å². The van der Waals surface area contributed by atoms with Gasteiger partial charge < -0.3 is 10.2 Å². The van der Waals surface area contributed by atoms with E-state index in [4.69, 9.17) is 5.14 Å². The van der Waals surface area contributed by atoms with Crippen LogP contribution >= 0.6 is 0 Å². The number of nitrogens with two attached hydrogens (primary N) is 1. The summed E-state index contributed by atoms with van der Waals surface area (Å²) in [5.74, 6) is 0.222. The van der Waals surface area contributed by atoms with E-state index in [2.05, 4.69) is 12.2 Å². The van der Waals surface area contributed by atoms with Crippen molar-refractivity contribution in [1.29, 1.82) is 0 Å². The topological polar surface area (TPSA) is 95.7 Å². The lowest BCUT2D eigenvalue weighted by Gasteiger charge is -2.36. The molecule has 2 rings (SSSR count). The summed E-state index contributed by atoms with van der Waals surface area (Å²) in [6.07, 6.45) is 1.72. The number of carbonyl (C=O) groups is 1. The van der Waals surface area contributed by atoms with E-state index in [1.165, 1.54) is 4.31 Å². The highest BCUT2D eigenvalue weighted by molar-refractivity contribution is 7.86. The Morgan fingerprint density at radius 2 is 1.89 bits per heavy atom. The van der Waals surface area contributed by atoms with Gasteiger partial charge in [0, 0.05) is 38.1 Å². The standard InChI is InChI=1S/C11H22N4O3S/c1-9-8-10(2-3-13-9)11(16)14-4-6-15(7-5-14)19(12,17)18/h9-10,13H,2-8H2,1H3,(H2,12,17,18). The van der Waals surface area contributed by atoms with Crippen molar-refractivity contribution in [3.8, 4) is 0 Å². The van der Waals surface area contributed by atoms with E-state index in [1.807, 2.05) is 0 Å². The molecule has 0 aromatic rings. The molecular formula is C11H22N4O3S. The number of rotatable bonds is 2. The Morgan fingerprint density at radius 1 is 1.26 bits per heavy atom. The Hall–Kier alpha value is -0.700. The van der Waals surface area contributed by atoms with E-state index < -0.39 is 10.2 Å². The number of piperazine rings is 1. The first-order valence-corrected chi connectivity index (χ1v) is 8.18. The molecule has 0 aromatic carbocycles. The molecule has 0 aromatic heterocycles. The number of hydrogen-bond acceptors (Lipinski definition) is 4. The Balaban J connectivity index is 1.89. The third-order valence-corrected chi connectivity index (χ3v) is 4.97. The minimum Gasteiger partial charge on any atom is -0.340 e. The molecule has 2 aliphatic rings. The summed E-state index contributed by atoms with van der Waals surface area (Å²) in [4.78, 5) is 14.1. The number of nitrogens with zero attached hydrogens (tertiary/aromatic N) is 2. The molecule has 2 saturated heterocycles. The van der Waals surface area contributed by atoms with Gasteiger partial charge in [-0.2, -0.15) is 12.7 Å². The minimum atomic E-state index is -3.62. The van der Waals surface area contributed by atoms with E-state index in [0.717, 1.165) is 19.4 Å². The molecule has 2 heterocycles. The normalized spacial score (nSPS) is 30.3. The van der Waals surface area contributed by atoms with Gasteiger partial charge in [-0.15, -0.1) is 0 Å². The fourth-order valence-corrected chi connectivity index (χ4v) is 3.45. The van der Waals surface area contributed by atoms with Crippen molar-refractivity contribution in [3.63, 3.8) is 0 Å². The van der Waals surface area contributed by atoms with E-state index in [-0.39, 0.29) is 11.8 Å². The van der Waals surface area contributed by atoms with Gasteiger partial charge in [-0.3, -0.25) is 4.79 Å². The SMILES string of the molecule is CC1CC(C(=O)N2CCN(S(N)(=O)=O)CC2)CCN1. The Labute approximate surface area is 114 Å². The number of nitrogens with one attached hydrogen (secondary N) is 1.